The molecule has 5 heteroatoms. The van der Waals surface area contributed by atoms with Crippen LogP contribution in [0.15, 0.2) is 12.1 Å². The molecule has 0 unspecified atom stereocenters. The van der Waals surface area contributed by atoms with Crippen LogP contribution >= 0.6 is 11.6 Å². The van der Waals surface area contributed by atoms with Gasteiger partial charge in [-0.2, -0.15) is 0 Å². The molecule has 4 nitrogen and oxygen atoms in total. The maximum absolute atomic E-state index is 6.17. The van der Waals surface area contributed by atoms with E-state index in [9.17, 15) is 0 Å². The summed E-state index contributed by atoms with van der Waals surface area (Å²) in [7, 11) is 0. The number of nitrogens with one attached hydrogen (secondary N) is 1. The van der Waals surface area contributed by atoms with Gasteiger partial charge >= 0.3 is 0 Å². The van der Waals surface area contributed by atoms with Crippen molar-refractivity contribution in [3.05, 3.63) is 22.8 Å². The number of rotatable bonds is 3. The average molecular weight is 269 g/mol. The molecule has 18 heavy (non-hydrogen) atoms. The van der Waals surface area contributed by atoms with E-state index < -0.39 is 0 Å². The summed E-state index contributed by atoms with van der Waals surface area (Å²) in [5, 5.41) is 0.707. The van der Waals surface area contributed by atoms with Crippen molar-refractivity contribution in [2.75, 3.05) is 18.5 Å². The first-order valence-electron chi connectivity index (χ1n) is 6.34. The number of anilines is 1. The molecule has 1 aliphatic rings. The van der Waals surface area contributed by atoms with Crippen molar-refractivity contribution < 1.29 is 0 Å². The number of piperidine rings is 1. The number of hydrazine groups is 1. The Morgan fingerprint density at radius 3 is 2.67 bits per heavy atom. The van der Waals surface area contributed by atoms with Gasteiger partial charge in [-0.3, -0.25) is 4.90 Å². The van der Waals surface area contributed by atoms with E-state index >= 15 is 0 Å². The minimum atomic E-state index is 0.467. The van der Waals surface area contributed by atoms with Crippen LogP contribution in [-0.2, 0) is 6.54 Å². The molecule has 0 spiro atoms. The molecular weight excluding hydrogens is 248 g/mol. The Labute approximate surface area is 113 Å². The van der Waals surface area contributed by atoms with E-state index in [1.807, 2.05) is 6.07 Å². The van der Waals surface area contributed by atoms with Gasteiger partial charge in [0.15, 0.2) is 0 Å². The van der Waals surface area contributed by atoms with Gasteiger partial charge in [-0.1, -0.05) is 25.4 Å². The van der Waals surface area contributed by atoms with Crippen LogP contribution in [0, 0.1) is 5.41 Å². The molecule has 0 bridgehead atoms. The SMILES string of the molecule is CC1(C)CCN(Cc2nc(NN)ccc2Cl)CC1. The molecule has 1 aromatic rings. The zero-order chi connectivity index (χ0) is 13.2. The highest BCUT2D eigenvalue weighted by Crippen LogP contribution is 2.30. The normalized spacial score (nSPS) is 19.8. The summed E-state index contributed by atoms with van der Waals surface area (Å²) in [4.78, 5) is 6.81. The van der Waals surface area contributed by atoms with Gasteiger partial charge in [0.2, 0.25) is 0 Å². The number of nitrogen functional groups attached to an aromatic ring is 1. The van der Waals surface area contributed by atoms with Crippen molar-refractivity contribution in [3.8, 4) is 0 Å². The third kappa shape index (κ3) is 3.34. The van der Waals surface area contributed by atoms with Gasteiger partial charge in [-0.05, 0) is 43.5 Å². The Hall–Kier alpha value is -0.840. The molecular formula is C13H21ClN4. The number of nitrogens with two attached hydrogens (primary N) is 1. The fourth-order valence-electron chi connectivity index (χ4n) is 2.20. The lowest BCUT2D eigenvalue weighted by atomic mass is 9.83. The number of likely N-dealkylation sites (tertiary alicyclic amines) is 1. The standard InChI is InChI=1S/C13H21ClN4/c1-13(2)5-7-18(8-6-13)9-11-10(14)3-4-12(16-11)17-15/h3-4H,5-9,15H2,1-2H3,(H,16,17). The first-order valence-corrected chi connectivity index (χ1v) is 6.72. The smallest absolute Gasteiger partial charge is 0.140 e. The number of pyridine rings is 1. The lowest BCUT2D eigenvalue weighted by Crippen LogP contribution is -2.37. The van der Waals surface area contributed by atoms with Gasteiger partial charge < -0.3 is 5.43 Å². The maximum Gasteiger partial charge on any atom is 0.140 e. The Morgan fingerprint density at radius 2 is 2.06 bits per heavy atom. The lowest BCUT2D eigenvalue weighted by molar-refractivity contribution is 0.126. The molecule has 0 aliphatic carbocycles. The van der Waals surface area contributed by atoms with E-state index in [1.54, 1.807) is 6.07 Å². The minimum Gasteiger partial charge on any atom is -0.308 e. The van der Waals surface area contributed by atoms with Crippen molar-refractivity contribution in [1.29, 1.82) is 0 Å². The predicted octanol–water partition coefficient (Wildman–Crippen LogP) is 2.64. The van der Waals surface area contributed by atoms with Crippen LogP contribution < -0.4 is 11.3 Å². The fraction of sp³-hybridized carbons (Fsp3) is 0.615. The number of hydrogen-bond donors (Lipinski definition) is 2. The highest BCUT2D eigenvalue weighted by molar-refractivity contribution is 6.31. The van der Waals surface area contributed by atoms with Crippen LogP contribution in [0.5, 0.6) is 0 Å². The molecule has 100 valence electrons. The molecule has 2 heterocycles. The summed E-state index contributed by atoms with van der Waals surface area (Å²) >= 11 is 6.17. The Morgan fingerprint density at radius 1 is 1.39 bits per heavy atom. The topological polar surface area (TPSA) is 54.2 Å². The summed E-state index contributed by atoms with van der Waals surface area (Å²) < 4.78 is 0. The predicted molar refractivity (Wildman–Crippen MR) is 75.3 cm³/mol. The van der Waals surface area contributed by atoms with E-state index in [4.69, 9.17) is 17.4 Å². The van der Waals surface area contributed by atoms with Crippen molar-refractivity contribution in [3.63, 3.8) is 0 Å². The van der Waals surface area contributed by atoms with Gasteiger partial charge in [0.05, 0.1) is 10.7 Å². The number of nitrogens with zero attached hydrogens (tertiary/aromatic N) is 2. The second-order valence-electron chi connectivity index (χ2n) is 5.71. The van der Waals surface area contributed by atoms with Gasteiger partial charge in [0.1, 0.15) is 5.82 Å². The summed E-state index contributed by atoms with van der Waals surface area (Å²) in [5.41, 5.74) is 3.92. The molecule has 1 aliphatic heterocycles. The third-order valence-corrected chi connectivity index (χ3v) is 3.99. The molecule has 1 saturated heterocycles. The average Bonchev–Trinajstić information content (AvgIpc) is 2.34. The van der Waals surface area contributed by atoms with Crippen LogP contribution in [0.25, 0.3) is 0 Å². The van der Waals surface area contributed by atoms with E-state index in [0.717, 1.165) is 25.3 Å². The van der Waals surface area contributed by atoms with Gasteiger partial charge in [-0.15, -0.1) is 0 Å². The Balaban J connectivity index is 2.01. The van der Waals surface area contributed by atoms with Crippen LogP contribution in [0.4, 0.5) is 5.82 Å². The summed E-state index contributed by atoms with van der Waals surface area (Å²) in [5.74, 6) is 6.03. The number of halogens is 1. The van der Waals surface area contributed by atoms with Crippen molar-refractivity contribution >= 4 is 17.4 Å². The van der Waals surface area contributed by atoms with Crippen LogP contribution in [0.2, 0.25) is 5.02 Å². The van der Waals surface area contributed by atoms with Crippen LogP contribution in [0.3, 0.4) is 0 Å². The largest absolute Gasteiger partial charge is 0.308 e. The maximum atomic E-state index is 6.17. The molecule has 1 fully saturated rings. The summed E-state index contributed by atoms with van der Waals surface area (Å²) in [6.07, 6.45) is 2.44. The Kier molecular flexibility index (Phi) is 4.10. The molecule has 0 saturated carbocycles. The molecule has 0 aromatic carbocycles. The van der Waals surface area contributed by atoms with E-state index in [0.29, 0.717) is 16.3 Å². The van der Waals surface area contributed by atoms with E-state index in [1.165, 1.54) is 12.8 Å². The fourth-order valence-corrected chi connectivity index (χ4v) is 2.37. The minimum absolute atomic E-state index is 0.467. The lowest BCUT2D eigenvalue weighted by Gasteiger charge is -2.36. The first kappa shape index (κ1) is 13.6. The molecule has 1 aromatic heterocycles. The molecule has 0 radical (unpaired) electrons. The zero-order valence-corrected chi connectivity index (χ0v) is 11.8. The summed E-state index contributed by atoms with van der Waals surface area (Å²) in [6, 6.07) is 3.62. The summed E-state index contributed by atoms with van der Waals surface area (Å²) in [6.45, 7) is 7.66. The number of hydrogen-bond acceptors (Lipinski definition) is 4. The van der Waals surface area contributed by atoms with Crippen LogP contribution in [-0.4, -0.2) is 23.0 Å². The van der Waals surface area contributed by atoms with Crippen molar-refractivity contribution in [2.45, 2.75) is 33.2 Å². The quantitative estimate of drug-likeness (QED) is 0.654. The third-order valence-electron chi connectivity index (χ3n) is 3.65. The first-order chi connectivity index (χ1) is 8.50. The van der Waals surface area contributed by atoms with E-state index in [2.05, 4.69) is 29.2 Å². The highest BCUT2D eigenvalue weighted by Gasteiger charge is 2.25. The Bertz CT molecular complexity index is 409. The van der Waals surface area contributed by atoms with Crippen molar-refractivity contribution in [2.24, 2.45) is 11.3 Å². The van der Waals surface area contributed by atoms with Crippen molar-refractivity contribution in [1.82, 2.24) is 9.88 Å². The van der Waals surface area contributed by atoms with Gasteiger partial charge in [0, 0.05) is 6.54 Å². The second kappa shape index (κ2) is 5.43. The second-order valence-corrected chi connectivity index (χ2v) is 6.12. The van der Waals surface area contributed by atoms with Gasteiger partial charge in [-0.25, -0.2) is 10.8 Å². The monoisotopic (exact) mass is 268 g/mol. The zero-order valence-electron chi connectivity index (χ0n) is 11.0. The van der Waals surface area contributed by atoms with Gasteiger partial charge in [0.25, 0.3) is 0 Å². The molecule has 0 amide bonds. The molecule has 3 N–H and O–H groups in total. The highest BCUT2D eigenvalue weighted by atomic mass is 35.5. The molecule has 2 rings (SSSR count). The number of aromatic nitrogens is 1. The van der Waals surface area contributed by atoms with E-state index in [-0.39, 0.29) is 0 Å². The van der Waals surface area contributed by atoms with Crippen LogP contribution in [0.1, 0.15) is 32.4 Å². The molecule has 0 atom stereocenters.